The SMILES string of the molecule is CN(C)C1(CNCC(O)COc2ccccc2F)CCC1. The largest absolute Gasteiger partial charge is 0.488 e. The number of hydrogen-bond donors (Lipinski definition) is 2. The molecule has 0 bridgehead atoms. The van der Waals surface area contributed by atoms with Crippen molar-refractivity contribution in [3.05, 3.63) is 30.1 Å². The standard InChI is InChI=1S/C16H25FN2O2/c1-19(2)16(8-5-9-16)12-18-10-13(20)11-21-15-7-4-3-6-14(15)17/h3-4,6-7,13,18,20H,5,8-12H2,1-2H3. The molecule has 2 rings (SSSR count). The zero-order valence-corrected chi connectivity index (χ0v) is 12.8. The van der Waals surface area contributed by atoms with Crippen molar-refractivity contribution in [1.29, 1.82) is 0 Å². The highest BCUT2D eigenvalue weighted by molar-refractivity contribution is 5.23. The number of likely N-dealkylation sites (N-methyl/N-ethyl adjacent to an activating group) is 1. The average molecular weight is 296 g/mol. The van der Waals surface area contributed by atoms with Gasteiger partial charge in [-0.05, 0) is 45.5 Å². The smallest absolute Gasteiger partial charge is 0.165 e. The minimum atomic E-state index is -0.649. The molecular formula is C16H25FN2O2. The van der Waals surface area contributed by atoms with Gasteiger partial charge in [0.05, 0.1) is 0 Å². The van der Waals surface area contributed by atoms with E-state index in [0.29, 0.717) is 6.54 Å². The number of rotatable bonds is 8. The molecule has 1 aliphatic carbocycles. The van der Waals surface area contributed by atoms with Gasteiger partial charge in [0.2, 0.25) is 0 Å². The van der Waals surface area contributed by atoms with Crippen LogP contribution in [0.15, 0.2) is 24.3 Å². The molecule has 5 heteroatoms. The molecule has 1 atom stereocenters. The van der Waals surface area contributed by atoms with Crippen LogP contribution in [0, 0.1) is 5.82 Å². The maximum atomic E-state index is 13.4. The van der Waals surface area contributed by atoms with Gasteiger partial charge in [0.25, 0.3) is 0 Å². The Morgan fingerprint density at radius 2 is 2.10 bits per heavy atom. The fourth-order valence-electron chi connectivity index (χ4n) is 2.65. The Morgan fingerprint density at radius 1 is 1.38 bits per heavy atom. The fourth-order valence-corrected chi connectivity index (χ4v) is 2.65. The van der Waals surface area contributed by atoms with Crippen molar-refractivity contribution in [3.63, 3.8) is 0 Å². The van der Waals surface area contributed by atoms with Crippen molar-refractivity contribution >= 4 is 0 Å². The normalized spacial score (nSPS) is 18.3. The van der Waals surface area contributed by atoms with Crippen LogP contribution in [0.3, 0.4) is 0 Å². The van der Waals surface area contributed by atoms with Crippen LogP contribution in [0.25, 0.3) is 0 Å². The molecule has 1 aromatic carbocycles. The second-order valence-corrected chi connectivity index (χ2v) is 6.00. The van der Waals surface area contributed by atoms with Crippen LogP contribution in [0.5, 0.6) is 5.75 Å². The molecule has 0 radical (unpaired) electrons. The minimum absolute atomic E-state index is 0.0862. The fraction of sp³-hybridized carbons (Fsp3) is 0.625. The van der Waals surface area contributed by atoms with E-state index in [4.69, 9.17) is 4.74 Å². The van der Waals surface area contributed by atoms with Gasteiger partial charge in [-0.1, -0.05) is 12.1 Å². The quantitative estimate of drug-likeness (QED) is 0.765. The summed E-state index contributed by atoms with van der Waals surface area (Å²) in [5, 5.41) is 13.2. The van der Waals surface area contributed by atoms with E-state index < -0.39 is 11.9 Å². The van der Waals surface area contributed by atoms with Crippen LogP contribution in [0.1, 0.15) is 19.3 Å². The second-order valence-electron chi connectivity index (χ2n) is 6.00. The minimum Gasteiger partial charge on any atom is -0.488 e. The van der Waals surface area contributed by atoms with Crippen LogP contribution >= 0.6 is 0 Å². The molecule has 1 unspecified atom stereocenters. The molecule has 1 aliphatic rings. The number of para-hydroxylation sites is 1. The van der Waals surface area contributed by atoms with E-state index >= 15 is 0 Å². The maximum absolute atomic E-state index is 13.4. The molecule has 4 nitrogen and oxygen atoms in total. The number of halogens is 1. The lowest BCUT2D eigenvalue weighted by atomic mass is 9.75. The van der Waals surface area contributed by atoms with Crippen LogP contribution in [-0.4, -0.2) is 55.4 Å². The average Bonchev–Trinajstić information content (AvgIpc) is 2.40. The highest BCUT2D eigenvalue weighted by Gasteiger charge is 2.38. The zero-order chi connectivity index (χ0) is 15.3. The number of ether oxygens (including phenoxy) is 1. The molecule has 1 fully saturated rings. The van der Waals surface area contributed by atoms with Crippen molar-refractivity contribution in [2.45, 2.75) is 30.9 Å². The lowest BCUT2D eigenvalue weighted by Gasteiger charge is -2.47. The van der Waals surface area contributed by atoms with Crippen molar-refractivity contribution in [2.75, 3.05) is 33.8 Å². The molecule has 0 amide bonds. The molecule has 0 heterocycles. The van der Waals surface area contributed by atoms with E-state index in [-0.39, 0.29) is 17.9 Å². The number of benzene rings is 1. The van der Waals surface area contributed by atoms with Crippen LogP contribution in [-0.2, 0) is 0 Å². The molecular weight excluding hydrogens is 271 g/mol. The summed E-state index contributed by atoms with van der Waals surface area (Å²) in [6.45, 7) is 1.39. The van der Waals surface area contributed by atoms with Gasteiger partial charge in [0.1, 0.15) is 12.7 Å². The third-order valence-electron chi connectivity index (χ3n) is 4.33. The zero-order valence-electron chi connectivity index (χ0n) is 12.8. The van der Waals surface area contributed by atoms with Crippen molar-refractivity contribution < 1.29 is 14.2 Å². The molecule has 0 aromatic heterocycles. The summed E-state index contributed by atoms with van der Waals surface area (Å²) in [5.74, 6) is -0.223. The van der Waals surface area contributed by atoms with E-state index in [1.54, 1.807) is 18.2 Å². The highest BCUT2D eigenvalue weighted by atomic mass is 19.1. The first-order chi connectivity index (χ1) is 10.0. The van der Waals surface area contributed by atoms with Gasteiger partial charge in [0, 0.05) is 18.6 Å². The topological polar surface area (TPSA) is 44.7 Å². The lowest BCUT2D eigenvalue weighted by molar-refractivity contribution is 0.0509. The molecule has 2 N–H and O–H groups in total. The molecule has 0 spiro atoms. The Balaban J connectivity index is 1.68. The Kier molecular flexibility index (Phi) is 5.56. The number of hydrogen-bond acceptors (Lipinski definition) is 4. The number of aliphatic hydroxyl groups excluding tert-OH is 1. The number of aliphatic hydroxyl groups is 1. The van der Waals surface area contributed by atoms with Gasteiger partial charge in [-0.3, -0.25) is 0 Å². The van der Waals surface area contributed by atoms with Crippen molar-refractivity contribution in [2.24, 2.45) is 0 Å². The third-order valence-corrected chi connectivity index (χ3v) is 4.33. The molecule has 1 aromatic rings. The van der Waals surface area contributed by atoms with Gasteiger partial charge >= 0.3 is 0 Å². The van der Waals surface area contributed by atoms with E-state index in [2.05, 4.69) is 24.3 Å². The Morgan fingerprint density at radius 3 is 2.67 bits per heavy atom. The van der Waals surface area contributed by atoms with Crippen LogP contribution in [0.4, 0.5) is 4.39 Å². The summed E-state index contributed by atoms with van der Waals surface area (Å²) in [4.78, 5) is 2.26. The summed E-state index contributed by atoms with van der Waals surface area (Å²) in [6, 6.07) is 6.22. The van der Waals surface area contributed by atoms with Crippen molar-refractivity contribution in [3.8, 4) is 5.75 Å². The van der Waals surface area contributed by atoms with Gasteiger partial charge in [0.15, 0.2) is 11.6 Å². The molecule has 0 saturated heterocycles. The first-order valence-corrected chi connectivity index (χ1v) is 7.47. The lowest BCUT2D eigenvalue weighted by Crippen LogP contribution is -2.57. The molecule has 1 saturated carbocycles. The third kappa shape index (κ3) is 4.15. The molecule has 118 valence electrons. The monoisotopic (exact) mass is 296 g/mol. The highest BCUT2D eigenvalue weighted by Crippen LogP contribution is 2.35. The van der Waals surface area contributed by atoms with Crippen molar-refractivity contribution in [1.82, 2.24) is 10.2 Å². The van der Waals surface area contributed by atoms with E-state index in [1.807, 2.05) is 0 Å². The Bertz CT molecular complexity index is 450. The number of nitrogens with zero attached hydrogens (tertiary/aromatic N) is 1. The van der Waals surface area contributed by atoms with Crippen LogP contribution < -0.4 is 10.1 Å². The molecule has 0 aliphatic heterocycles. The van der Waals surface area contributed by atoms with Gasteiger partial charge in [-0.25, -0.2) is 4.39 Å². The summed E-state index contributed by atoms with van der Waals surface area (Å²) in [5.41, 5.74) is 0.228. The predicted molar refractivity (Wildman–Crippen MR) is 81.0 cm³/mol. The van der Waals surface area contributed by atoms with E-state index in [9.17, 15) is 9.50 Å². The summed E-state index contributed by atoms with van der Waals surface area (Å²) < 4.78 is 18.7. The summed E-state index contributed by atoms with van der Waals surface area (Å²) >= 11 is 0. The second kappa shape index (κ2) is 7.20. The first-order valence-electron chi connectivity index (χ1n) is 7.47. The predicted octanol–water partition coefficient (Wildman–Crippen LogP) is 1.64. The van der Waals surface area contributed by atoms with E-state index in [0.717, 1.165) is 6.54 Å². The molecule has 21 heavy (non-hydrogen) atoms. The Labute approximate surface area is 125 Å². The van der Waals surface area contributed by atoms with Gasteiger partial charge in [-0.15, -0.1) is 0 Å². The first kappa shape index (κ1) is 16.2. The number of nitrogens with one attached hydrogen (secondary N) is 1. The van der Waals surface area contributed by atoms with E-state index in [1.165, 1.54) is 25.3 Å². The maximum Gasteiger partial charge on any atom is 0.165 e. The Hall–Kier alpha value is -1.17. The van der Waals surface area contributed by atoms with Crippen LogP contribution in [0.2, 0.25) is 0 Å². The summed E-state index contributed by atoms with van der Waals surface area (Å²) in [7, 11) is 4.19. The van der Waals surface area contributed by atoms with Gasteiger partial charge < -0.3 is 20.1 Å². The summed E-state index contributed by atoms with van der Waals surface area (Å²) in [6.07, 6.45) is 2.99. The van der Waals surface area contributed by atoms with Gasteiger partial charge in [-0.2, -0.15) is 0 Å².